The second-order valence-corrected chi connectivity index (χ2v) is 3.74. The monoisotopic (exact) mass is 252 g/mol. The summed E-state index contributed by atoms with van der Waals surface area (Å²) in [6.45, 7) is 2.01. The van der Waals surface area contributed by atoms with Crippen molar-refractivity contribution >= 4 is 37.2 Å². The fourth-order valence-corrected chi connectivity index (χ4v) is 0.922. The fourth-order valence-electron chi connectivity index (χ4n) is 0.756. The van der Waals surface area contributed by atoms with Gasteiger partial charge >= 0.3 is 11.9 Å². The first kappa shape index (κ1) is 14.6. The average molecular weight is 252 g/mol. The summed E-state index contributed by atoms with van der Waals surface area (Å²) in [5, 5.41) is 0. The molecule has 0 saturated heterocycles. The number of thiol groups is 2. The van der Waals surface area contributed by atoms with Gasteiger partial charge in [-0.2, -0.15) is 25.3 Å². The van der Waals surface area contributed by atoms with Crippen LogP contribution < -0.4 is 0 Å². The van der Waals surface area contributed by atoms with Crippen LogP contribution in [0.5, 0.6) is 0 Å². The standard InChI is InChI=1S/C9H16O4S2/c1-7(6-15)13-9(11)3-2-8(10)12-4-5-14/h7,14-15H,2-6H2,1H3. The summed E-state index contributed by atoms with van der Waals surface area (Å²) in [5.41, 5.74) is 0. The molecule has 0 rings (SSSR count). The molecule has 0 saturated carbocycles. The molecule has 15 heavy (non-hydrogen) atoms. The normalized spacial score (nSPS) is 11.9. The van der Waals surface area contributed by atoms with Gasteiger partial charge in [-0.25, -0.2) is 0 Å². The Balaban J connectivity index is 3.57. The first-order chi connectivity index (χ1) is 7.10. The third-order valence-electron chi connectivity index (χ3n) is 1.48. The van der Waals surface area contributed by atoms with Gasteiger partial charge in [0, 0.05) is 11.5 Å². The first-order valence-electron chi connectivity index (χ1n) is 4.67. The Morgan fingerprint density at radius 1 is 1.20 bits per heavy atom. The molecule has 0 heterocycles. The molecule has 0 bridgehead atoms. The SMILES string of the molecule is CC(CS)OC(=O)CCC(=O)OCCS. The van der Waals surface area contributed by atoms with E-state index in [9.17, 15) is 9.59 Å². The molecule has 0 fully saturated rings. The predicted molar refractivity (Wildman–Crippen MR) is 63.5 cm³/mol. The largest absolute Gasteiger partial charge is 0.465 e. The zero-order valence-corrected chi connectivity index (χ0v) is 10.4. The Kier molecular flexibility index (Phi) is 8.70. The predicted octanol–water partition coefficient (Wildman–Crippen LogP) is 1.10. The molecule has 1 unspecified atom stereocenters. The molecule has 0 aromatic heterocycles. The highest BCUT2D eigenvalue weighted by molar-refractivity contribution is 7.80. The molecule has 0 N–H and O–H groups in total. The maximum atomic E-state index is 11.1. The van der Waals surface area contributed by atoms with Crippen molar-refractivity contribution in [2.45, 2.75) is 25.9 Å². The van der Waals surface area contributed by atoms with Crippen molar-refractivity contribution < 1.29 is 19.1 Å². The summed E-state index contributed by atoms with van der Waals surface area (Å²) in [5.74, 6) is 0.141. The Morgan fingerprint density at radius 3 is 2.33 bits per heavy atom. The minimum absolute atomic E-state index is 0.0452. The third kappa shape index (κ3) is 8.62. The second-order valence-electron chi connectivity index (χ2n) is 2.93. The number of ether oxygens (including phenoxy) is 2. The molecule has 4 nitrogen and oxygen atoms in total. The number of carbonyl (C=O) groups is 2. The number of hydrogen-bond donors (Lipinski definition) is 2. The van der Waals surface area contributed by atoms with Crippen LogP contribution in [0.4, 0.5) is 0 Å². The Bertz CT molecular complexity index is 208. The van der Waals surface area contributed by atoms with E-state index < -0.39 is 11.9 Å². The molecule has 0 aromatic rings. The van der Waals surface area contributed by atoms with E-state index in [1.54, 1.807) is 6.92 Å². The molecule has 0 aliphatic heterocycles. The maximum absolute atomic E-state index is 11.1. The lowest BCUT2D eigenvalue weighted by Gasteiger charge is -2.09. The van der Waals surface area contributed by atoms with Crippen LogP contribution in [0.15, 0.2) is 0 Å². The maximum Gasteiger partial charge on any atom is 0.306 e. The summed E-state index contributed by atoms with van der Waals surface area (Å²) in [6, 6.07) is 0. The number of hydrogen-bond acceptors (Lipinski definition) is 6. The smallest absolute Gasteiger partial charge is 0.306 e. The molecule has 0 spiro atoms. The fraction of sp³-hybridized carbons (Fsp3) is 0.778. The number of esters is 2. The topological polar surface area (TPSA) is 52.6 Å². The van der Waals surface area contributed by atoms with Crippen molar-refractivity contribution in [2.75, 3.05) is 18.1 Å². The van der Waals surface area contributed by atoms with E-state index in [1.807, 2.05) is 0 Å². The summed E-state index contributed by atoms with van der Waals surface area (Å²) >= 11 is 7.85. The number of rotatable bonds is 7. The molecular weight excluding hydrogens is 236 g/mol. The van der Waals surface area contributed by atoms with Crippen molar-refractivity contribution in [3.8, 4) is 0 Å². The molecule has 1 atom stereocenters. The Labute approximate surface area is 101 Å². The van der Waals surface area contributed by atoms with Crippen LogP contribution in [0, 0.1) is 0 Å². The van der Waals surface area contributed by atoms with Crippen LogP contribution in [-0.4, -0.2) is 36.2 Å². The molecule has 88 valence electrons. The summed E-state index contributed by atoms with van der Waals surface area (Å²) in [7, 11) is 0. The van der Waals surface area contributed by atoms with E-state index >= 15 is 0 Å². The van der Waals surface area contributed by atoms with E-state index in [1.165, 1.54) is 0 Å². The zero-order chi connectivity index (χ0) is 11.7. The van der Waals surface area contributed by atoms with Crippen molar-refractivity contribution in [2.24, 2.45) is 0 Å². The van der Waals surface area contributed by atoms with Gasteiger partial charge in [-0.05, 0) is 6.92 Å². The van der Waals surface area contributed by atoms with Crippen molar-refractivity contribution in [3.05, 3.63) is 0 Å². The van der Waals surface area contributed by atoms with Crippen LogP contribution in [0.2, 0.25) is 0 Å². The van der Waals surface area contributed by atoms with Gasteiger partial charge in [0.2, 0.25) is 0 Å². The molecular formula is C9H16O4S2. The van der Waals surface area contributed by atoms with E-state index in [2.05, 4.69) is 25.3 Å². The average Bonchev–Trinajstić information content (AvgIpc) is 2.23. The van der Waals surface area contributed by atoms with Gasteiger partial charge in [0.25, 0.3) is 0 Å². The Morgan fingerprint density at radius 2 is 1.80 bits per heavy atom. The summed E-state index contributed by atoms with van der Waals surface area (Å²) in [4.78, 5) is 22.1. The lowest BCUT2D eigenvalue weighted by Crippen LogP contribution is -2.17. The summed E-state index contributed by atoms with van der Waals surface area (Å²) in [6.07, 6.45) is -0.135. The van der Waals surface area contributed by atoms with Gasteiger partial charge in [-0.3, -0.25) is 9.59 Å². The lowest BCUT2D eigenvalue weighted by atomic mass is 10.3. The van der Waals surface area contributed by atoms with Gasteiger partial charge in [0.05, 0.1) is 12.8 Å². The molecule has 0 amide bonds. The molecule has 0 aliphatic carbocycles. The summed E-state index contributed by atoms with van der Waals surface area (Å²) < 4.78 is 9.65. The van der Waals surface area contributed by atoms with E-state index in [0.29, 0.717) is 11.5 Å². The van der Waals surface area contributed by atoms with Crippen LogP contribution in [0.3, 0.4) is 0 Å². The van der Waals surface area contributed by atoms with Crippen LogP contribution in [0.1, 0.15) is 19.8 Å². The van der Waals surface area contributed by atoms with Gasteiger partial charge in [-0.1, -0.05) is 0 Å². The highest BCUT2D eigenvalue weighted by Gasteiger charge is 2.11. The highest BCUT2D eigenvalue weighted by atomic mass is 32.1. The Hall–Kier alpha value is -0.360. The van der Waals surface area contributed by atoms with E-state index in [4.69, 9.17) is 9.47 Å². The van der Waals surface area contributed by atoms with E-state index in [-0.39, 0.29) is 25.6 Å². The lowest BCUT2D eigenvalue weighted by molar-refractivity contribution is -0.152. The molecule has 0 aromatic carbocycles. The highest BCUT2D eigenvalue weighted by Crippen LogP contribution is 2.00. The zero-order valence-electron chi connectivity index (χ0n) is 8.64. The molecule has 0 aliphatic rings. The van der Waals surface area contributed by atoms with Crippen LogP contribution in [-0.2, 0) is 19.1 Å². The van der Waals surface area contributed by atoms with Gasteiger partial charge < -0.3 is 9.47 Å². The van der Waals surface area contributed by atoms with Crippen LogP contribution in [0.25, 0.3) is 0 Å². The quantitative estimate of drug-likeness (QED) is 0.526. The minimum Gasteiger partial charge on any atom is -0.465 e. The molecule has 0 radical (unpaired) electrons. The van der Waals surface area contributed by atoms with E-state index in [0.717, 1.165) is 0 Å². The third-order valence-corrected chi connectivity index (χ3v) is 2.17. The van der Waals surface area contributed by atoms with Gasteiger partial charge in [0.15, 0.2) is 0 Å². The molecule has 6 heteroatoms. The van der Waals surface area contributed by atoms with Crippen LogP contribution >= 0.6 is 25.3 Å². The van der Waals surface area contributed by atoms with Gasteiger partial charge in [0.1, 0.15) is 12.7 Å². The van der Waals surface area contributed by atoms with Crippen molar-refractivity contribution in [1.29, 1.82) is 0 Å². The second kappa shape index (κ2) is 8.91. The van der Waals surface area contributed by atoms with Crippen molar-refractivity contribution in [3.63, 3.8) is 0 Å². The minimum atomic E-state index is -0.403. The number of carbonyl (C=O) groups excluding carboxylic acids is 2. The first-order valence-corrected chi connectivity index (χ1v) is 5.93. The van der Waals surface area contributed by atoms with Gasteiger partial charge in [-0.15, -0.1) is 0 Å². The van der Waals surface area contributed by atoms with Crippen molar-refractivity contribution in [1.82, 2.24) is 0 Å².